The van der Waals surface area contributed by atoms with Gasteiger partial charge in [-0.15, -0.1) is 0 Å². The summed E-state index contributed by atoms with van der Waals surface area (Å²) in [5, 5.41) is 24.3. The first-order valence-electron chi connectivity index (χ1n) is 5.25. The zero-order chi connectivity index (χ0) is 14.0. The Hall–Kier alpha value is -2.90. The van der Waals surface area contributed by atoms with Crippen LogP contribution in [0.25, 0.3) is 0 Å². The molecule has 98 valence electrons. The van der Waals surface area contributed by atoms with E-state index in [1.807, 2.05) is 0 Å². The Morgan fingerprint density at radius 3 is 2.68 bits per heavy atom. The predicted octanol–water partition coefficient (Wildman–Crippen LogP) is 0.917. The van der Waals surface area contributed by atoms with E-state index in [4.69, 9.17) is 5.11 Å². The summed E-state index contributed by atoms with van der Waals surface area (Å²) in [5.41, 5.74) is -0.274. The maximum absolute atomic E-state index is 11.3. The van der Waals surface area contributed by atoms with Crippen LogP contribution in [0.1, 0.15) is 11.6 Å². The second kappa shape index (κ2) is 4.77. The summed E-state index contributed by atoms with van der Waals surface area (Å²) >= 11 is 0. The van der Waals surface area contributed by atoms with Crippen LogP contribution in [0.2, 0.25) is 0 Å². The zero-order valence-corrected chi connectivity index (χ0v) is 9.49. The van der Waals surface area contributed by atoms with Crippen LogP contribution < -0.4 is 10.6 Å². The van der Waals surface area contributed by atoms with Crippen molar-refractivity contribution >= 4 is 17.7 Å². The van der Waals surface area contributed by atoms with Gasteiger partial charge in [-0.2, -0.15) is 0 Å². The summed E-state index contributed by atoms with van der Waals surface area (Å²) in [7, 11) is 0. The first kappa shape index (κ1) is 12.6. The van der Waals surface area contributed by atoms with Crippen molar-refractivity contribution in [3.8, 4) is 0 Å². The average molecular weight is 263 g/mol. The summed E-state index contributed by atoms with van der Waals surface area (Å²) in [6, 6.07) is 4.24. The van der Waals surface area contributed by atoms with Gasteiger partial charge in [-0.05, 0) is 12.1 Å². The molecule has 0 bridgehead atoms. The summed E-state index contributed by atoms with van der Waals surface area (Å²) in [6.07, 6.45) is 1.21. The Labute approximate surface area is 106 Å². The van der Waals surface area contributed by atoms with Crippen LogP contribution in [0.3, 0.4) is 0 Å². The molecule has 0 aliphatic carbocycles. The molecule has 1 heterocycles. The van der Waals surface area contributed by atoms with E-state index in [1.54, 1.807) is 6.07 Å². The third-order valence-corrected chi connectivity index (χ3v) is 2.57. The molecule has 0 fully saturated rings. The number of carboxylic acid groups (broad SMARTS) is 1. The highest BCUT2D eigenvalue weighted by molar-refractivity contribution is 5.93. The number of amides is 2. The molecular weight excluding hydrogens is 254 g/mol. The highest BCUT2D eigenvalue weighted by Crippen LogP contribution is 2.27. The quantitative estimate of drug-likeness (QED) is 0.552. The molecule has 1 aliphatic rings. The fourth-order valence-electron chi connectivity index (χ4n) is 1.76. The standard InChI is InChI=1S/C11H9N3O5/c15-10(16)8-5-7(12-11(17)13-8)6-3-1-2-4-9(6)14(18)19/h1-5,7H,(H,15,16)(H2,12,13,17)/t7-/m1/s1. The zero-order valence-electron chi connectivity index (χ0n) is 9.49. The van der Waals surface area contributed by atoms with E-state index >= 15 is 0 Å². The molecule has 0 unspecified atom stereocenters. The van der Waals surface area contributed by atoms with E-state index in [-0.39, 0.29) is 16.9 Å². The molecule has 19 heavy (non-hydrogen) atoms. The number of urea groups is 1. The number of benzene rings is 1. The molecular formula is C11H9N3O5. The van der Waals surface area contributed by atoms with E-state index in [0.29, 0.717) is 0 Å². The molecule has 0 saturated carbocycles. The SMILES string of the molecule is O=C1NC(C(=O)O)=C[C@H](c2ccccc2[N+](=O)[O-])N1. The van der Waals surface area contributed by atoms with Crippen LogP contribution in [0.4, 0.5) is 10.5 Å². The molecule has 3 N–H and O–H groups in total. The lowest BCUT2D eigenvalue weighted by molar-refractivity contribution is -0.385. The number of rotatable bonds is 3. The van der Waals surface area contributed by atoms with Crippen molar-refractivity contribution in [1.29, 1.82) is 0 Å². The second-order valence-electron chi connectivity index (χ2n) is 3.78. The number of carboxylic acids is 1. The van der Waals surface area contributed by atoms with Crippen molar-refractivity contribution in [3.05, 3.63) is 51.7 Å². The van der Waals surface area contributed by atoms with Gasteiger partial charge in [0, 0.05) is 6.07 Å². The third-order valence-electron chi connectivity index (χ3n) is 2.57. The molecule has 8 heteroatoms. The largest absolute Gasteiger partial charge is 0.477 e. The van der Waals surface area contributed by atoms with Gasteiger partial charge in [-0.3, -0.25) is 10.1 Å². The molecule has 2 rings (SSSR count). The summed E-state index contributed by atoms with van der Waals surface area (Å²) in [4.78, 5) is 32.5. The number of hydrogen-bond acceptors (Lipinski definition) is 4. The van der Waals surface area contributed by atoms with Crippen LogP contribution in [-0.2, 0) is 4.79 Å². The van der Waals surface area contributed by atoms with Crippen molar-refractivity contribution in [1.82, 2.24) is 10.6 Å². The summed E-state index contributed by atoms with van der Waals surface area (Å²) in [5.74, 6) is -1.31. The average Bonchev–Trinajstić information content (AvgIpc) is 2.37. The maximum atomic E-state index is 11.3. The Kier molecular flexibility index (Phi) is 3.15. The fraction of sp³-hybridized carbons (Fsp3) is 0.0909. The topological polar surface area (TPSA) is 122 Å². The van der Waals surface area contributed by atoms with Crippen LogP contribution >= 0.6 is 0 Å². The van der Waals surface area contributed by atoms with Crippen molar-refractivity contribution < 1.29 is 19.6 Å². The minimum Gasteiger partial charge on any atom is -0.477 e. The number of nitrogens with one attached hydrogen (secondary N) is 2. The van der Waals surface area contributed by atoms with Crippen molar-refractivity contribution in [2.75, 3.05) is 0 Å². The molecule has 0 spiro atoms. The monoisotopic (exact) mass is 263 g/mol. The van der Waals surface area contributed by atoms with Gasteiger partial charge in [0.2, 0.25) is 0 Å². The lowest BCUT2D eigenvalue weighted by atomic mass is 10.0. The number of carbonyl (C=O) groups excluding carboxylic acids is 1. The maximum Gasteiger partial charge on any atom is 0.352 e. The molecule has 2 amide bonds. The van der Waals surface area contributed by atoms with Gasteiger partial charge in [-0.25, -0.2) is 9.59 Å². The number of carbonyl (C=O) groups is 2. The molecule has 0 radical (unpaired) electrons. The van der Waals surface area contributed by atoms with Crippen LogP contribution in [0.5, 0.6) is 0 Å². The van der Waals surface area contributed by atoms with E-state index < -0.39 is 23.0 Å². The van der Waals surface area contributed by atoms with Gasteiger partial charge in [-0.1, -0.05) is 12.1 Å². The third kappa shape index (κ3) is 2.51. The fourth-order valence-corrected chi connectivity index (χ4v) is 1.76. The molecule has 0 saturated heterocycles. The van der Waals surface area contributed by atoms with E-state index in [9.17, 15) is 19.7 Å². The number of nitro benzene ring substituents is 1. The lowest BCUT2D eigenvalue weighted by Gasteiger charge is -2.21. The summed E-state index contributed by atoms with van der Waals surface area (Å²) < 4.78 is 0. The Balaban J connectivity index is 2.46. The van der Waals surface area contributed by atoms with Gasteiger partial charge < -0.3 is 15.7 Å². The second-order valence-corrected chi connectivity index (χ2v) is 3.78. The normalized spacial score (nSPS) is 18.0. The molecule has 1 aromatic carbocycles. The highest BCUT2D eigenvalue weighted by Gasteiger charge is 2.27. The Morgan fingerprint density at radius 2 is 2.05 bits per heavy atom. The summed E-state index contributed by atoms with van der Waals surface area (Å²) in [6.45, 7) is 0. The van der Waals surface area contributed by atoms with Crippen LogP contribution in [0.15, 0.2) is 36.0 Å². The lowest BCUT2D eigenvalue weighted by Crippen LogP contribution is -2.43. The number of nitro groups is 1. The minimum atomic E-state index is -1.31. The minimum absolute atomic E-state index is 0.185. The Morgan fingerprint density at radius 1 is 1.37 bits per heavy atom. The van der Waals surface area contributed by atoms with E-state index in [0.717, 1.165) is 0 Å². The smallest absolute Gasteiger partial charge is 0.352 e. The van der Waals surface area contributed by atoms with Crippen molar-refractivity contribution in [3.63, 3.8) is 0 Å². The van der Waals surface area contributed by atoms with Gasteiger partial charge in [0.15, 0.2) is 0 Å². The Bertz CT molecular complexity index is 596. The van der Waals surface area contributed by atoms with Crippen LogP contribution in [-0.4, -0.2) is 22.0 Å². The first-order valence-corrected chi connectivity index (χ1v) is 5.25. The molecule has 8 nitrogen and oxygen atoms in total. The number of aliphatic carboxylic acids is 1. The predicted molar refractivity (Wildman–Crippen MR) is 63.2 cm³/mol. The highest BCUT2D eigenvalue weighted by atomic mass is 16.6. The number of nitrogens with zero attached hydrogens (tertiary/aromatic N) is 1. The first-order chi connectivity index (χ1) is 8.99. The number of para-hydroxylation sites is 1. The van der Waals surface area contributed by atoms with Gasteiger partial charge >= 0.3 is 12.0 Å². The van der Waals surface area contributed by atoms with Crippen LogP contribution in [0, 0.1) is 10.1 Å². The molecule has 1 aromatic rings. The molecule has 0 aromatic heterocycles. The molecule has 1 aliphatic heterocycles. The van der Waals surface area contributed by atoms with Gasteiger partial charge in [0.05, 0.1) is 16.5 Å². The van der Waals surface area contributed by atoms with Gasteiger partial charge in [0.1, 0.15) is 5.70 Å². The van der Waals surface area contributed by atoms with E-state index in [2.05, 4.69) is 10.6 Å². The van der Waals surface area contributed by atoms with Gasteiger partial charge in [0.25, 0.3) is 5.69 Å². The van der Waals surface area contributed by atoms with Crippen molar-refractivity contribution in [2.24, 2.45) is 0 Å². The molecule has 1 atom stereocenters. The number of hydrogen-bond donors (Lipinski definition) is 3. The van der Waals surface area contributed by atoms with Crippen molar-refractivity contribution in [2.45, 2.75) is 6.04 Å². The van der Waals surface area contributed by atoms with E-state index in [1.165, 1.54) is 24.3 Å².